The molecule has 0 aliphatic carbocycles. The normalized spacial score (nSPS) is 13.0. The molecule has 14 heteroatoms. The fourth-order valence-corrected chi connectivity index (χ4v) is 5.43. The number of aromatic nitrogens is 3. The van der Waals surface area contributed by atoms with Crippen LogP contribution in [-0.4, -0.2) is 43.8 Å². The number of hydrogen-bond acceptors (Lipinski definition) is 7. The minimum absolute atomic E-state index is 0.0411. The van der Waals surface area contributed by atoms with Crippen molar-refractivity contribution in [1.29, 1.82) is 0 Å². The molecule has 1 N–H and O–H groups in total. The number of hydrogen-bond donors (Lipinski definition) is 1. The van der Waals surface area contributed by atoms with Gasteiger partial charge in [-0.05, 0) is 54.8 Å². The summed E-state index contributed by atoms with van der Waals surface area (Å²) in [5, 5.41) is 21.9. The molecule has 2 heterocycles. The number of nitro groups is 1. The predicted octanol–water partition coefficient (Wildman–Crippen LogP) is 5.20. The van der Waals surface area contributed by atoms with E-state index in [0.29, 0.717) is 6.54 Å². The molecule has 0 saturated carbocycles. The Morgan fingerprint density at radius 1 is 1.02 bits per heavy atom. The van der Waals surface area contributed by atoms with Crippen molar-refractivity contribution in [2.45, 2.75) is 30.7 Å². The number of fused-ring (bicyclic) bond motifs is 1. The van der Waals surface area contributed by atoms with Crippen molar-refractivity contribution in [2.24, 2.45) is 0 Å². The SMILES string of the molecule is O=C(NCc1nnc(SCC(=O)N2CCCc3ccccc32)n1-c1cccc(C(F)(F)F)c1)c1ccc([N+](=O)[O-])cc1. The van der Waals surface area contributed by atoms with Crippen LogP contribution in [0.2, 0.25) is 0 Å². The quantitative estimate of drug-likeness (QED) is 0.169. The smallest absolute Gasteiger partial charge is 0.345 e. The van der Waals surface area contributed by atoms with Crippen LogP contribution >= 0.6 is 11.8 Å². The van der Waals surface area contributed by atoms with Gasteiger partial charge < -0.3 is 10.2 Å². The van der Waals surface area contributed by atoms with Crippen LogP contribution in [0, 0.1) is 10.1 Å². The maximum absolute atomic E-state index is 13.5. The van der Waals surface area contributed by atoms with Gasteiger partial charge in [0.05, 0.1) is 28.5 Å². The van der Waals surface area contributed by atoms with E-state index in [4.69, 9.17) is 0 Å². The van der Waals surface area contributed by atoms with Crippen LogP contribution < -0.4 is 10.2 Å². The molecule has 0 bridgehead atoms. The van der Waals surface area contributed by atoms with Crippen LogP contribution in [0.1, 0.15) is 33.7 Å². The van der Waals surface area contributed by atoms with E-state index in [1.807, 2.05) is 24.3 Å². The summed E-state index contributed by atoms with van der Waals surface area (Å²) in [7, 11) is 0. The number of nitro benzene ring substituents is 1. The number of alkyl halides is 3. The number of carbonyl (C=O) groups is 2. The number of amides is 2. The van der Waals surface area contributed by atoms with E-state index in [1.165, 1.54) is 41.0 Å². The van der Waals surface area contributed by atoms with E-state index < -0.39 is 22.6 Å². The molecular formula is C28H23F3N6O4S. The molecule has 0 fully saturated rings. The van der Waals surface area contributed by atoms with Crippen molar-refractivity contribution in [2.75, 3.05) is 17.2 Å². The van der Waals surface area contributed by atoms with E-state index in [9.17, 15) is 32.9 Å². The largest absolute Gasteiger partial charge is 0.416 e. The minimum Gasteiger partial charge on any atom is -0.345 e. The Kier molecular flexibility index (Phi) is 8.24. The Morgan fingerprint density at radius 2 is 1.79 bits per heavy atom. The summed E-state index contributed by atoms with van der Waals surface area (Å²) in [5.74, 6) is -0.668. The molecule has 0 saturated heterocycles. The van der Waals surface area contributed by atoms with Gasteiger partial charge in [0.2, 0.25) is 5.91 Å². The van der Waals surface area contributed by atoms with E-state index in [0.717, 1.165) is 48.0 Å². The number of nitrogens with one attached hydrogen (secondary N) is 1. The monoisotopic (exact) mass is 596 g/mol. The lowest BCUT2D eigenvalue weighted by molar-refractivity contribution is -0.384. The molecule has 1 aromatic heterocycles. The van der Waals surface area contributed by atoms with Gasteiger partial charge in [0, 0.05) is 29.9 Å². The molecule has 1 aliphatic heterocycles. The number of nitrogens with zero attached hydrogens (tertiary/aromatic N) is 5. The number of para-hydroxylation sites is 1. The third-order valence-electron chi connectivity index (χ3n) is 6.62. The fourth-order valence-electron chi connectivity index (χ4n) is 4.58. The summed E-state index contributed by atoms with van der Waals surface area (Å²) in [6, 6.07) is 17.2. The third kappa shape index (κ3) is 6.28. The van der Waals surface area contributed by atoms with E-state index in [1.54, 1.807) is 4.90 Å². The van der Waals surface area contributed by atoms with Crippen LogP contribution in [0.4, 0.5) is 24.5 Å². The number of carbonyl (C=O) groups excluding carboxylic acids is 2. The average Bonchev–Trinajstić information content (AvgIpc) is 3.40. The number of rotatable bonds is 8. The number of halogens is 3. The van der Waals surface area contributed by atoms with E-state index in [2.05, 4.69) is 15.5 Å². The summed E-state index contributed by atoms with van der Waals surface area (Å²) >= 11 is 1.03. The highest BCUT2D eigenvalue weighted by Gasteiger charge is 2.31. The molecule has 0 spiro atoms. The highest BCUT2D eigenvalue weighted by Crippen LogP contribution is 2.32. The standard InChI is InChI=1S/C28H23F3N6O4S/c29-28(30,31)20-7-3-8-22(15-20)36-24(16-32-26(39)19-10-12-21(13-11-19)37(40)41)33-34-27(36)42-17-25(38)35-14-4-6-18-5-1-2-9-23(18)35/h1-3,5,7-13,15H,4,6,14,16-17H2,(H,32,39). The molecule has 0 radical (unpaired) electrons. The van der Waals surface area contributed by atoms with Crippen molar-refractivity contribution >= 4 is 35.0 Å². The lowest BCUT2D eigenvalue weighted by Crippen LogP contribution is -2.36. The average molecular weight is 597 g/mol. The van der Waals surface area contributed by atoms with Gasteiger partial charge in [-0.3, -0.25) is 24.3 Å². The lowest BCUT2D eigenvalue weighted by Gasteiger charge is -2.29. The van der Waals surface area contributed by atoms with Crippen LogP contribution in [0.5, 0.6) is 0 Å². The molecule has 2 amide bonds. The first-order valence-electron chi connectivity index (χ1n) is 12.8. The molecule has 42 heavy (non-hydrogen) atoms. The number of non-ortho nitro benzene ring substituents is 1. The first-order chi connectivity index (χ1) is 20.1. The van der Waals surface area contributed by atoms with Crippen molar-refractivity contribution in [3.05, 3.63) is 105 Å². The summed E-state index contributed by atoms with van der Waals surface area (Å²) in [4.78, 5) is 37.9. The van der Waals surface area contributed by atoms with E-state index >= 15 is 0 Å². The zero-order valence-corrected chi connectivity index (χ0v) is 22.7. The molecule has 0 unspecified atom stereocenters. The summed E-state index contributed by atoms with van der Waals surface area (Å²) < 4.78 is 41.9. The molecule has 5 rings (SSSR count). The summed E-state index contributed by atoms with van der Waals surface area (Å²) in [6.45, 7) is 0.337. The fraction of sp³-hybridized carbons (Fsp3) is 0.214. The molecule has 0 atom stereocenters. The molecular weight excluding hydrogens is 573 g/mol. The Balaban J connectivity index is 1.39. The third-order valence-corrected chi connectivity index (χ3v) is 7.53. The summed E-state index contributed by atoms with van der Waals surface area (Å²) in [6.07, 6.45) is -2.92. The molecule has 10 nitrogen and oxygen atoms in total. The van der Waals surface area contributed by atoms with Gasteiger partial charge in [-0.25, -0.2) is 0 Å². The maximum atomic E-state index is 13.5. The van der Waals surface area contributed by atoms with Gasteiger partial charge in [-0.15, -0.1) is 10.2 Å². The van der Waals surface area contributed by atoms with Crippen LogP contribution in [0.3, 0.4) is 0 Å². The molecule has 1 aliphatic rings. The molecule has 3 aromatic carbocycles. The van der Waals surface area contributed by atoms with Crippen molar-refractivity contribution in [1.82, 2.24) is 20.1 Å². The molecule has 4 aromatic rings. The Bertz CT molecular complexity index is 1640. The van der Waals surface area contributed by atoms with Gasteiger partial charge in [0.15, 0.2) is 11.0 Å². The summed E-state index contributed by atoms with van der Waals surface area (Å²) in [5.41, 5.74) is 1.09. The minimum atomic E-state index is -4.60. The maximum Gasteiger partial charge on any atom is 0.416 e. The second kappa shape index (κ2) is 12.0. The predicted molar refractivity (Wildman–Crippen MR) is 148 cm³/mol. The number of aryl methyl sites for hydroxylation is 1. The van der Waals surface area contributed by atoms with Crippen LogP contribution in [0.25, 0.3) is 5.69 Å². The van der Waals surface area contributed by atoms with Gasteiger partial charge in [-0.2, -0.15) is 13.2 Å². The highest BCUT2D eigenvalue weighted by atomic mass is 32.2. The number of anilines is 1. The van der Waals surface area contributed by atoms with Crippen molar-refractivity contribution in [3.8, 4) is 5.69 Å². The van der Waals surface area contributed by atoms with Crippen molar-refractivity contribution < 1.29 is 27.7 Å². The lowest BCUT2D eigenvalue weighted by atomic mass is 10.0. The number of thioether (sulfide) groups is 1. The van der Waals surface area contributed by atoms with Gasteiger partial charge >= 0.3 is 6.18 Å². The second-order valence-corrected chi connectivity index (χ2v) is 10.3. The van der Waals surface area contributed by atoms with Gasteiger partial charge in [0.25, 0.3) is 11.6 Å². The zero-order chi connectivity index (χ0) is 29.9. The highest BCUT2D eigenvalue weighted by molar-refractivity contribution is 7.99. The first kappa shape index (κ1) is 28.8. The van der Waals surface area contributed by atoms with Crippen molar-refractivity contribution in [3.63, 3.8) is 0 Å². The Morgan fingerprint density at radius 3 is 2.52 bits per heavy atom. The molecule has 216 valence electrons. The van der Waals surface area contributed by atoms with E-state index in [-0.39, 0.29) is 46.1 Å². The zero-order valence-electron chi connectivity index (χ0n) is 21.9. The topological polar surface area (TPSA) is 123 Å². The second-order valence-electron chi connectivity index (χ2n) is 9.34. The number of benzene rings is 3. The Hall–Kier alpha value is -4.72. The van der Waals surface area contributed by atoms with Gasteiger partial charge in [0.1, 0.15) is 0 Å². The van der Waals surface area contributed by atoms with Crippen LogP contribution in [0.15, 0.2) is 78.0 Å². The Labute approximate surface area is 241 Å². The first-order valence-corrected chi connectivity index (χ1v) is 13.8. The van der Waals surface area contributed by atoms with Crippen LogP contribution in [-0.2, 0) is 23.9 Å². The van der Waals surface area contributed by atoms with Gasteiger partial charge in [-0.1, -0.05) is 36.0 Å².